The van der Waals surface area contributed by atoms with Gasteiger partial charge >= 0.3 is 0 Å². The maximum atomic E-state index is 10.8. The van der Waals surface area contributed by atoms with E-state index in [0.717, 1.165) is 12.8 Å². The van der Waals surface area contributed by atoms with E-state index in [9.17, 15) is 8.42 Å². The van der Waals surface area contributed by atoms with E-state index in [4.69, 9.17) is 5.14 Å². The van der Waals surface area contributed by atoms with Gasteiger partial charge in [-0.05, 0) is 19.3 Å². The van der Waals surface area contributed by atoms with Gasteiger partial charge in [0.2, 0.25) is 10.0 Å². The molecule has 0 spiro atoms. The van der Waals surface area contributed by atoms with E-state index in [1.165, 1.54) is 0 Å². The van der Waals surface area contributed by atoms with Crippen LogP contribution in [0.5, 0.6) is 0 Å². The van der Waals surface area contributed by atoms with Gasteiger partial charge in [0, 0.05) is 0 Å². The first-order valence-electron chi connectivity index (χ1n) is 4.35. The topological polar surface area (TPSA) is 60.2 Å². The van der Waals surface area contributed by atoms with Gasteiger partial charge in [-0.2, -0.15) is 0 Å². The minimum absolute atomic E-state index is 0.392. The predicted octanol–water partition coefficient (Wildman–Crippen LogP) is 1.49. The Balaban J connectivity index is 3.66. The van der Waals surface area contributed by atoms with Gasteiger partial charge in [-0.3, -0.25) is 0 Å². The van der Waals surface area contributed by atoms with Gasteiger partial charge in [-0.25, -0.2) is 13.6 Å². The van der Waals surface area contributed by atoms with Crippen LogP contribution in [0.25, 0.3) is 0 Å². The van der Waals surface area contributed by atoms with E-state index in [2.05, 4.69) is 13.8 Å². The second-order valence-electron chi connectivity index (χ2n) is 3.72. The molecule has 0 saturated heterocycles. The smallest absolute Gasteiger partial charge is 0.211 e. The zero-order valence-corrected chi connectivity index (χ0v) is 8.89. The molecule has 12 heavy (non-hydrogen) atoms. The highest BCUT2D eigenvalue weighted by Gasteiger charge is 2.14. The van der Waals surface area contributed by atoms with Crippen LogP contribution in [0.3, 0.4) is 0 Å². The molecule has 0 amide bonds. The van der Waals surface area contributed by atoms with Crippen molar-refractivity contribution in [2.24, 2.45) is 11.1 Å². The average Bonchev–Trinajstić information content (AvgIpc) is 1.84. The Bertz CT molecular complexity index is 209. The molecule has 3 nitrogen and oxygen atoms in total. The summed E-state index contributed by atoms with van der Waals surface area (Å²) >= 11 is 0. The molecule has 0 aromatic heterocycles. The molecular formula is C8H19NO2S. The molecule has 4 heteroatoms. The molecule has 0 aliphatic carbocycles. The van der Waals surface area contributed by atoms with Crippen molar-refractivity contribution in [3.05, 3.63) is 0 Å². The van der Waals surface area contributed by atoms with Crippen LogP contribution in [-0.2, 0) is 10.0 Å². The Hall–Kier alpha value is -0.0900. The molecule has 0 saturated carbocycles. The molecule has 0 aliphatic rings. The Morgan fingerprint density at radius 3 is 2.00 bits per heavy atom. The Morgan fingerprint density at radius 1 is 1.17 bits per heavy atom. The van der Waals surface area contributed by atoms with Crippen LogP contribution >= 0.6 is 0 Å². The molecule has 0 aliphatic heterocycles. The number of hydrogen-bond donors (Lipinski definition) is 1. The monoisotopic (exact) mass is 193 g/mol. The normalized spacial score (nSPS) is 15.1. The van der Waals surface area contributed by atoms with Crippen molar-refractivity contribution < 1.29 is 8.42 Å². The third-order valence-electron chi connectivity index (χ3n) is 1.95. The molecular weight excluding hydrogens is 174 g/mol. The molecule has 1 atom stereocenters. The lowest BCUT2D eigenvalue weighted by atomic mass is 10.1. The van der Waals surface area contributed by atoms with Gasteiger partial charge in [-0.15, -0.1) is 0 Å². The Morgan fingerprint density at radius 2 is 1.67 bits per heavy atom. The summed E-state index contributed by atoms with van der Waals surface area (Å²) in [4.78, 5) is 0. The lowest BCUT2D eigenvalue weighted by molar-refractivity contribution is 0.523. The SMILES string of the molecule is CC(C)CCCC(C)S(N)(=O)=O. The summed E-state index contributed by atoms with van der Waals surface area (Å²) in [7, 11) is -3.30. The summed E-state index contributed by atoms with van der Waals surface area (Å²) in [6.45, 7) is 5.92. The third-order valence-corrected chi connectivity index (χ3v) is 3.31. The van der Waals surface area contributed by atoms with E-state index in [0.29, 0.717) is 12.3 Å². The second kappa shape index (κ2) is 4.82. The number of primary sulfonamides is 1. The third kappa shape index (κ3) is 5.55. The molecule has 2 N–H and O–H groups in total. The highest BCUT2D eigenvalue weighted by molar-refractivity contribution is 7.89. The Kier molecular flexibility index (Phi) is 4.78. The van der Waals surface area contributed by atoms with Crippen molar-refractivity contribution >= 4 is 10.0 Å². The molecule has 0 aromatic rings. The van der Waals surface area contributed by atoms with Crippen molar-refractivity contribution in [2.75, 3.05) is 0 Å². The molecule has 74 valence electrons. The summed E-state index contributed by atoms with van der Waals surface area (Å²) in [6, 6.07) is 0. The summed E-state index contributed by atoms with van der Waals surface area (Å²) < 4.78 is 21.6. The number of rotatable bonds is 5. The summed E-state index contributed by atoms with van der Waals surface area (Å²) in [6.07, 6.45) is 2.69. The average molecular weight is 193 g/mol. The van der Waals surface area contributed by atoms with E-state index in [-0.39, 0.29) is 0 Å². The maximum absolute atomic E-state index is 10.8. The van der Waals surface area contributed by atoms with Crippen LogP contribution in [-0.4, -0.2) is 13.7 Å². The zero-order chi connectivity index (χ0) is 9.78. The summed E-state index contributed by atoms with van der Waals surface area (Å²) in [5, 5.41) is 4.58. The van der Waals surface area contributed by atoms with Crippen molar-refractivity contribution in [3.63, 3.8) is 0 Å². The largest absolute Gasteiger partial charge is 0.228 e. The van der Waals surface area contributed by atoms with Crippen molar-refractivity contribution in [3.8, 4) is 0 Å². The molecule has 0 fully saturated rings. The lowest BCUT2D eigenvalue weighted by Gasteiger charge is -2.09. The van der Waals surface area contributed by atoms with E-state index in [1.807, 2.05) is 0 Å². The van der Waals surface area contributed by atoms with E-state index >= 15 is 0 Å². The summed E-state index contributed by atoms with van der Waals surface area (Å²) in [5.74, 6) is 0.637. The van der Waals surface area contributed by atoms with Gasteiger partial charge < -0.3 is 0 Å². The molecule has 0 rings (SSSR count). The first-order valence-corrected chi connectivity index (χ1v) is 5.96. The molecule has 0 heterocycles. The first-order chi connectivity index (χ1) is 5.34. The second-order valence-corrected chi connectivity index (χ2v) is 5.71. The minimum atomic E-state index is -3.30. The lowest BCUT2D eigenvalue weighted by Crippen LogP contribution is -2.25. The van der Waals surface area contributed by atoms with Crippen LogP contribution in [0.15, 0.2) is 0 Å². The van der Waals surface area contributed by atoms with Gasteiger partial charge in [0.1, 0.15) is 0 Å². The molecule has 0 radical (unpaired) electrons. The van der Waals surface area contributed by atoms with Gasteiger partial charge in [0.15, 0.2) is 0 Å². The van der Waals surface area contributed by atoms with Gasteiger partial charge in [-0.1, -0.05) is 26.7 Å². The van der Waals surface area contributed by atoms with Crippen molar-refractivity contribution in [1.82, 2.24) is 0 Å². The van der Waals surface area contributed by atoms with Crippen molar-refractivity contribution in [1.29, 1.82) is 0 Å². The van der Waals surface area contributed by atoms with Crippen molar-refractivity contribution in [2.45, 2.75) is 45.3 Å². The molecule has 0 bridgehead atoms. The fourth-order valence-electron chi connectivity index (χ4n) is 0.978. The quantitative estimate of drug-likeness (QED) is 0.719. The fraction of sp³-hybridized carbons (Fsp3) is 1.00. The Labute approximate surface area is 75.4 Å². The highest BCUT2D eigenvalue weighted by Crippen LogP contribution is 2.11. The van der Waals surface area contributed by atoms with Crippen LogP contribution in [0.1, 0.15) is 40.0 Å². The van der Waals surface area contributed by atoms with Gasteiger partial charge in [0.25, 0.3) is 0 Å². The number of nitrogens with two attached hydrogens (primary N) is 1. The fourth-order valence-corrected chi connectivity index (χ4v) is 1.47. The van der Waals surface area contributed by atoms with Gasteiger partial charge in [0.05, 0.1) is 5.25 Å². The van der Waals surface area contributed by atoms with Crippen LogP contribution in [0.4, 0.5) is 0 Å². The zero-order valence-electron chi connectivity index (χ0n) is 8.08. The first kappa shape index (κ1) is 11.9. The van der Waals surface area contributed by atoms with Crippen LogP contribution in [0.2, 0.25) is 0 Å². The molecule has 0 aromatic carbocycles. The minimum Gasteiger partial charge on any atom is -0.228 e. The van der Waals surface area contributed by atoms with E-state index < -0.39 is 15.3 Å². The number of hydrogen-bond acceptors (Lipinski definition) is 2. The van der Waals surface area contributed by atoms with Crippen LogP contribution < -0.4 is 5.14 Å². The predicted molar refractivity (Wildman–Crippen MR) is 51.3 cm³/mol. The van der Waals surface area contributed by atoms with E-state index in [1.54, 1.807) is 6.92 Å². The summed E-state index contributed by atoms with van der Waals surface area (Å²) in [5.41, 5.74) is 0. The molecule has 1 unspecified atom stereocenters. The highest BCUT2D eigenvalue weighted by atomic mass is 32.2. The standard InChI is InChI=1S/C8H19NO2S/c1-7(2)5-4-6-8(3)12(9,10)11/h7-8H,4-6H2,1-3H3,(H2,9,10,11). The van der Waals surface area contributed by atoms with Crippen LogP contribution in [0, 0.1) is 5.92 Å². The maximum Gasteiger partial charge on any atom is 0.211 e. The number of sulfonamides is 1.